The van der Waals surface area contributed by atoms with E-state index in [1.807, 2.05) is 31.2 Å². The van der Waals surface area contributed by atoms with Gasteiger partial charge in [0.1, 0.15) is 5.75 Å². The second kappa shape index (κ2) is 6.96. The van der Waals surface area contributed by atoms with Crippen molar-refractivity contribution in [1.82, 2.24) is 5.32 Å². The topological polar surface area (TPSA) is 38.3 Å². The van der Waals surface area contributed by atoms with Gasteiger partial charge in [-0.3, -0.25) is 4.79 Å². The third-order valence-corrected chi connectivity index (χ3v) is 4.45. The maximum atomic E-state index is 12.3. The Balaban J connectivity index is 2.17. The van der Waals surface area contributed by atoms with Crippen LogP contribution >= 0.6 is 27.5 Å². The highest BCUT2D eigenvalue weighted by molar-refractivity contribution is 9.10. The number of hydrogen-bond donors (Lipinski definition) is 1. The Morgan fingerprint density at radius 3 is 2.71 bits per heavy atom. The standard InChI is InChI=1S/C16H15BrClNO2/c1-10-11(5-3-6-13(10)17)16(20)19-9-12-14(18)7-4-8-15(12)21-2/h3-8H,9H2,1-2H3,(H,19,20). The van der Waals surface area contributed by atoms with E-state index in [0.29, 0.717) is 22.9 Å². The van der Waals surface area contributed by atoms with E-state index < -0.39 is 0 Å². The molecular formula is C16H15BrClNO2. The molecule has 0 unspecified atom stereocenters. The van der Waals surface area contributed by atoms with E-state index in [0.717, 1.165) is 15.6 Å². The SMILES string of the molecule is COc1cccc(Cl)c1CNC(=O)c1cccc(Br)c1C. The van der Waals surface area contributed by atoms with Gasteiger partial charge < -0.3 is 10.1 Å². The van der Waals surface area contributed by atoms with E-state index in [4.69, 9.17) is 16.3 Å². The van der Waals surface area contributed by atoms with Gasteiger partial charge in [0.2, 0.25) is 0 Å². The molecular weight excluding hydrogens is 354 g/mol. The van der Waals surface area contributed by atoms with Crippen molar-refractivity contribution < 1.29 is 9.53 Å². The molecule has 2 rings (SSSR count). The van der Waals surface area contributed by atoms with Crippen molar-refractivity contribution in [2.75, 3.05) is 7.11 Å². The zero-order chi connectivity index (χ0) is 15.4. The molecule has 0 heterocycles. The number of nitrogens with one attached hydrogen (secondary N) is 1. The molecule has 0 atom stereocenters. The molecule has 0 aliphatic rings. The first-order valence-electron chi connectivity index (χ1n) is 6.39. The minimum atomic E-state index is -0.143. The summed E-state index contributed by atoms with van der Waals surface area (Å²) in [5, 5.41) is 3.44. The lowest BCUT2D eigenvalue weighted by atomic mass is 10.1. The molecule has 0 aliphatic heterocycles. The maximum absolute atomic E-state index is 12.3. The fraction of sp³-hybridized carbons (Fsp3) is 0.188. The van der Waals surface area contributed by atoms with Crippen LogP contribution in [-0.4, -0.2) is 13.0 Å². The second-order valence-electron chi connectivity index (χ2n) is 4.52. The molecule has 0 saturated carbocycles. The summed E-state index contributed by atoms with van der Waals surface area (Å²) in [5.74, 6) is 0.518. The largest absolute Gasteiger partial charge is 0.496 e. The summed E-state index contributed by atoms with van der Waals surface area (Å²) in [6.07, 6.45) is 0. The summed E-state index contributed by atoms with van der Waals surface area (Å²) in [7, 11) is 1.58. The molecule has 5 heteroatoms. The van der Waals surface area contributed by atoms with Crippen molar-refractivity contribution >= 4 is 33.4 Å². The summed E-state index contributed by atoms with van der Waals surface area (Å²) < 4.78 is 6.17. The zero-order valence-electron chi connectivity index (χ0n) is 11.7. The lowest BCUT2D eigenvalue weighted by Gasteiger charge is -2.12. The predicted molar refractivity (Wildman–Crippen MR) is 88.1 cm³/mol. The van der Waals surface area contributed by atoms with Gasteiger partial charge in [0.05, 0.1) is 7.11 Å². The number of carbonyl (C=O) groups excluding carboxylic acids is 1. The molecule has 0 bridgehead atoms. The number of ether oxygens (including phenoxy) is 1. The molecule has 110 valence electrons. The average molecular weight is 369 g/mol. The normalized spacial score (nSPS) is 10.3. The van der Waals surface area contributed by atoms with Gasteiger partial charge in [0, 0.05) is 27.2 Å². The number of amides is 1. The zero-order valence-corrected chi connectivity index (χ0v) is 14.1. The Hall–Kier alpha value is -1.52. The molecule has 1 amide bonds. The summed E-state index contributed by atoms with van der Waals surface area (Å²) in [6.45, 7) is 2.21. The summed E-state index contributed by atoms with van der Waals surface area (Å²) in [4.78, 5) is 12.3. The monoisotopic (exact) mass is 367 g/mol. The van der Waals surface area contributed by atoms with Gasteiger partial charge in [0.25, 0.3) is 5.91 Å². The third-order valence-electron chi connectivity index (χ3n) is 3.23. The minimum absolute atomic E-state index is 0.143. The maximum Gasteiger partial charge on any atom is 0.251 e. The van der Waals surface area contributed by atoms with Crippen LogP contribution < -0.4 is 10.1 Å². The highest BCUT2D eigenvalue weighted by Crippen LogP contribution is 2.26. The van der Waals surface area contributed by atoms with Crippen molar-refractivity contribution in [3.05, 3.63) is 62.6 Å². The van der Waals surface area contributed by atoms with E-state index in [1.165, 1.54) is 0 Å². The van der Waals surface area contributed by atoms with Crippen molar-refractivity contribution in [2.24, 2.45) is 0 Å². The Bertz CT molecular complexity index is 673. The molecule has 0 aromatic heterocycles. The molecule has 0 radical (unpaired) electrons. The van der Waals surface area contributed by atoms with Crippen LogP contribution in [-0.2, 0) is 6.54 Å². The molecule has 2 aromatic rings. The first-order chi connectivity index (χ1) is 10.0. The fourth-order valence-electron chi connectivity index (χ4n) is 2.02. The predicted octanol–water partition coefficient (Wildman–Crippen LogP) is 4.35. The highest BCUT2D eigenvalue weighted by atomic mass is 79.9. The van der Waals surface area contributed by atoms with Crippen molar-refractivity contribution in [1.29, 1.82) is 0 Å². The fourth-order valence-corrected chi connectivity index (χ4v) is 2.62. The summed E-state index contributed by atoms with van der Waals surface area (Å²) in [6, 6.07) is 10.9. The molecule has 0 saturated heterocycles. The Morgan fingerprint density at radius 2 is 2.00 bits per heavy atom. The molecule has 0 fully saturated rings. The molecule has 0 spiro atoms. The van der Waals surface area contributed by atoms with Crippen LogP contribution in [0.5, 0.6) is 5.75 Å². The highest BCUT2D eigenvalue weighted by Gasteiger charge is 2.13. The van der Waals surface area contributed by atoms with Crippen molar-refractivity contribution in [3.63, 3.8) is 0 Å². The van der Waals surface area contributed by atoms with E-state index in [1.54, 1.807) is 19.2 Å². The molecule has 0 aliphatic carbocycles. The molecule has 1 N–H and O–H groups in total. The van der Waals surface area contributed by atoms with Gasteiger partial charge in [-0.05, 0) is 36.8 Å². The van der Waals surface area contributed by atoms with Gasteiger partial charge in [-0.2, -0.15) is 0 Å². The third kappa shape index (κ3) is 3.57. The van der Waals surface area contributed by atoms with Crippen LogP contribution in [0.25, 0.3) is 0 Å². The first-order valence-corrected chi connectivity index (χ1v) is 7.56. The summed E-state index contributed by atoms with van der Waals surface area (Å²) in [5.41, 5.74) is 2.30. The first kappa shape index (κ1) is 15.9. The minimum Gasteiger partial charge on any atom is -0.496 e. The van der Waals surface area contributed by atoms with E-state index >= 15 is 0 Å². The number of rotatable bonds is 4. The lowest BCUT2D eigenvalue weighted by molar-refractivity contribution is 0.0950. The Kier molecular flexibility index (Phi) is 5.26. The van der Waals surface area contributed by atoms with Crippen LogP contribution in [0.2, 0.25) is 5.02 Å². The number of halogens is 2. The molecule has 2 aromatic carbocycles. The molecule has 3 nitrogen and oxygen atoms in total. The van der Waals surface area contributed by atoms with Crippen LogP contribution in [0.3, 0.4) is 0 Å². The van der Waals surface area contributed by atoms with E-state index in [9.17, 15) is 4.79 Å². The van der Waals surface area contributed by atoms with Crippen molar-refractivity contribution in [2.45, 2.75) is 13.5 Å². The number of hydrogen-bond acceptors (Lipinski definition) is 2. The van der Waals surface area contributed by atoms with Gasteiger partial charge in [-0.15, -0.1) is 0 Å². The summed E-state index contributed by atoms with van der Waals surface area (Å²) >= 11 is 9.58. The Labute approximate surface area is 137 Å². The van der Waals surface area contributed by atoms with Gasteiger partial charge in [-0.25, -0.2) is 0 Å². The average Bonchev–Trinajstić information content (AvgIpc) is 2.48. The van der Waals surface area contributed by atoms with E-state index in [2.05, 4.69) is 21.2 Å². The van der Waals surface area contributed by atoms with Crippen LogP contribution in [0, 0.1) is 6.92 Å². The van der Waals surface area contributed by atoms with Gasteiger partial charge in [0.15, 0.2) is 0 Å². The van der Waals surface area contributed by atoms with E-state index in [-0.39, 0.29) is 5.91 Å². The van der Waals surface area contributed by atoms with Gasteiger partial charge >= 0.3 is 0 Å². The number of benzene rings is 2. The van der Waals surface area contributed by atoms with Crippen LogP contribution in [0.4, 0.5) is 0 Å². The Morgan fingerprint density at radius 1 is 1.29 bits per heavy atom. The number of carbonyl (C=O) groups is 1. The quantitative estimate of drug-likeness (QED) is 0.871. The van der Waals surface area contributed by atoms with Gasteiger partial charge in [-0.1, -0.05) is 39.7 Å². The van der Waals surface area contributed by atoms with Crippen LogP contribution in [0.1, 0.15) is 21.5 Å². The molecule has 21 heavy (non-hydrogen) atoms. The van der Waals surface area contributed by atoms with Crippen molar-refractivity contribution in [3.8, 4) is 5.75 Å². The second-order valence-corrected chi connectivity index (χ2v) is 5.78. The number of methoxy groups -OCH3 is 1. The van der Waals surface area contributed by atoms with Crippen LogP contribution in [0.15, 0.2) is 40.9 Å². The lowest BCUT2D eigenvalue weighted by Crippen LogP contribution is -2.24. The smallest absolute Gasteiger partial charge is 0.251 e.